The van der Waals surface area contributed by atoms with Crippen LogP contribution in [0.1, 0.15) is 31.9 Å². The summed E-state index contributed by atoms with van der Waals surface area (Å²) in [5, 5.41) is 29.5. The van der Waals surface area contributed by atoms with E-state index in [2.05, 4.69) is 44.1 Å². The molecule has 5 rings (SSSR count). The number of unbranched alkanes of at least 4 members (excludes halogenated alkanes) is 1. The molecule has 2 aromatic rings. The molecule has 5 heterocycles. The lowest BCUT2D eigenvalue weighted by Gasteiger charge is -2.23. The molecule has 3 fully saturated rings. The molecule has 0 bridgehead atoms. The first-order valence-electron chi connectivity index (χ1n) is 17.6. The number of aliphatic hydroxyl groups excluding tert-OH is 2. The van der Waals surface area contributed by atoms with E-state index in [0.29, 0.717) is 11.7 Å². The Morgan fingerprint density at radius 1 is 1.00 bits per heavy atom. The lowest BCUT2D eigenvalue weighted by atomic mass is 10.0. The second kappa shape index (κ2) is 21.4. The van der Waals surface area contributed by atoms with Gasteiger partial charge in [0.1, 0.15) is 36.9 Å². The first-order chi connectivity index (χ1) is 27.6. The van der Waals surface area contributed by atoms with Crippen LogP contribution in [-0.2, 0) is 55.2 Å². The zero-order valence-electron chi connectivity index (χ0n) is 30.5. The molecule has 0 aliphatic carbocycles. The summed E-state index contributed by atoms with van der Waals surface area (Å²) in [6.07, 6.45) is -1.45. The first kappa shape index (κ1) is 46.6. The lowest BCUT2D eigenvalue weighted by molar-refractivity contribution is -0.123. The Hall–Kier alpha value is -2.43. The van der Waals surface area contributed by atoms with Gasteiger partial charge in [0, 0.05) is 24.0 Å². The molecular weight excluding hydrogens is 863 g/mol. The van der Waals surface area contributed by atoms with Crippen LogP contribution in [0.25, 0.3) is 11.2 Å². The maximum absolute atomic E-state index is 12.6. The number of fused-ring (bicyclic) bond motifs is 2. The highest BCUT2D eigenvalue weighted by atomic mass is 32.2. The lowest BCUT2D eigenvalue weighted by Crippen LogP contribution is -2.36. The van der Waals surface area contributed by atoms with Crippen LogP contribution < -0.4 is 27.2 Å². The number of hydroxylamine groups is 1. The largest absolute Gasteiger partial charge is 0.497 e. The molecule has 0 spiro atoms. The number of nitrogens with two attached hydrogens (primary N) is 1. The summed E-state index contributed by atoms with van der Waals surface area (Å²) in [6.45, 7) is -0.516. The summed E-state index contributed by atoms with van der Waals surface area (Å²) in [5.41, 5.74) is 7.95. The van der Waals surface area contributed by atoms with Gasteiger partial charge >= 0.3 is 29.5 Å². The molecule has 0 saturated carbocycles. The van der Waals surface area contributed by atoms with Crippen molar-refractivity contribution in [2.24, 2.45) is 0 Å². The number of carbonyl (C=O) groups is 2. The third kappa shape index (κ3) is 13.5. The number of thioether (sulfide) groups is 1. The van der Waals surface area contributed by atoms with E-state index in [1.807, 2.05) is 17.2 Å². The number of phosphoric ester groups is 1. The van der Waals surface area contributed by atoms with Crippen molar-refractivity contribution in [3.8, 4) is 0 Å². The minimum Gasteiger partial charge on any atom is -0.394 e. The molecule has 31 heteroatoms. The van der Waals surface area contributed by atoms with Gasteiger partial charge in [0.15, 0.2) is 17.7 Å². The number of phosphoric acid groups is 3. The fourth-order valence-electron chi connectivity index (χ4n) is 6.00. The molecule has 3 unspecified atom stereocenters. The third-order valence-electron chi connectivity index (χ3n) is 8.54. The van der Waals surface area contributed by atoms with Gasteiger partial charge in [0.2, 0.25) is 5.91 Å². The molecule has 27 nitrogen and oxygen atoms in total. The molecule has 3 saturated heterocycles. The maximum Gasteiger partial charge on any atom is 0.497 e. The van der Waals surface area contributed by atoms with Gasteiger partial charge in [-0.25, -0.2) is 33.4 Å². The predicted octanol–water partition coefficient (Wildman–Crippen LogP) is -1.25. The molecule has 3 aliphatic heterocycles. The monoisotopic (exact) mass is 909 g/mol. The predicted molar refractivity (Wildman–Crippen MR) is 197 cm³/mol. The Morgan fingerprint density at radius 3 is 2.48 bits per heavy atom. The highest BCUT2D eigenvalue weighted by Crippen LogP contribution is 2.68. The smallest absolute Gasteiger partial charge is 0.394 e. The van der Waals surface area contributed by atoms with Crippen LogP contribution in [0.2, 0.25) is 0 Å². The average molecular weight is 910 g/mol. The highest BCUT2D eigenvalue weighted by Gasteiger charge is 2.51. The second-order valence-electron chi connectivity index (χ2n) is 12.7. The van der Waals surface area contributed by atoms with Crippen LogP contribution >= 0.6 is 35.2 Å². The van der Waals surface area contributed by atoms with Crippen molar-refractivity contribution in [2.45, 2.75) is 67.6 Å². The third-order valence-corrected chi connectivity index (χ3v) is 14.2. The summed E-state index contributed by atoms with van der Waals surface area (Å²) in [6, 6.07) is 0.208. The number of ether oxygens (including phenoxy) is 4. The minimum atomic E-state index is -5.88. The number of nitrogen functional groups attached to an aromatic ring is 1. The van der Waals surface area contributed by atoms with Crippen LogP contribution in [0.5, 0.6) is 0 Å². The normalized spacial score (nSPS) is 27.4. The number of nitrogens with zero attached hydrogens (tertiary/aromatic N) is 4. The van der Waals surface area contributed by atoms with Crippen molar-refractivity contribution in [3.63, 3.8) is 0 Å². The summed E-state index contributed by atoms with van der Waals surface area (Å²) in [7, 11) is -17.0. The topological polar surface area (TPSA) is 378 Å². The average Bonchev–Trinajstić information content (AvgIpc) is 3.91. The molecule has 11 N–H and O–H groups in total. The molecule has 0 aromatic carbocycles. The van der Waals surface area contributed by atoms with E-state index in [1.165, 1.54) is 4.57 Å². The number of aromatic nitrogens is 4. The van der Waals surface area contributed by atoms with Gasteiger partial charge in [-0.05, 0) is 12.8 Å². The van der Waals surface area contributed by atoms with Crippen LogP contribution in [0, 0.1) is 0 Å². The summed E-state index contributed by atoms with van der Waals surface area (Å²) < 4.78 is 77.1. The van der Waals surface area contributed by atoms with Crippen molar-refractivity contribution < 1.29 is 84.9 Å². The number of aliphatic hydroxyl groups is 2. The molecule has 58 heavy (non-hydrogen) atoms. The number of imidazole rings is 1. The molecule has 10 atom stereocenters. The number of hydrogen-bond acceptors (Lipinski definition) is 21. The number of nitrogens with one attached hydrogen (secondary N) is 4. The van der Waals surface area contributed by atoms with Crippen LogP contribution in [0.4, 0.5) is 10.6 Å². The van der Waals surface area contributed by atoms with E-state index >= 15 is 0 Å². The molecule has 0 radical (unpaired) electrons. The maximum atomic E-state index is 12.6. The summed E-state index contributed by atoms with van der Waals surface area (Å²) >= 11 is 1.83. The minimum absolute atomic E-state index is 0.000879. The number of carbonyl (C=O) groups excluding carboxylic acids is 2. The second-order valence-corrected chi connectivity index (χ2v) is 18.5. The molecule has 3 amide bonds. The summed E-state index contributed by atoms with van der Waals surface area (Å²) in [5.74, 6) is 0.767. The Kier molecular flexibility index (Phi) is 17.2. The Labute approximate surface area is 334 Å². The number of anilines is 1. The van der Waals surface area contributed by atoms with Crippen molar-refractivity contribution in [3.05, 3.63) is 12.7 Å². The van der Waals surface area contributed by atoms with Gasteiger partial charge in [-0.2, -0.15) is 30.5 Å². The number of urea groups is 1. The van der Waals surface area contributed by atoms with E-state index < -0.39 is 54.6 Å². The van der Waals surface area contributed by atoms with Gasteiger partial charge in [0.25, 0.3) is 0 Å². The van der Waals surface area contributed by atoms with Crippen molar-refractivity contribution in [2.75, 3.05) is 64.4 Å². The standard InChI is InChI=1S/C27H46N9O18P3S/c28-24-21-25(30-13-29-24)36(14-31-21)26-22(39)23(17(11-37)50-26)51-55(41,42)53-57(45,46)54-56(43,44)52-33-5-6-47-7-8-48-9-10-49-15-32-19(38)4-2-1-3-18-20-16(12-58-18)34-27(40)35-20/h13-14,16-18,20,22-23,26,33,37,39H,1-12,15H2,(H,32,38)(H,41,42)(H,43,44)(H,45,46)(H2,28,29,30)(H2,34,35,40)/t16-,17+,18-,20-,22+,23+,26+/m0/s1. The SMILES string of the molecule is Nc1ncnc2c1ncn2[C@@H]1O[C@H](CO)[C@@H](OP(=O)(O)OP(=O)(O)OP(=O)(O)ONCCOCCOCCOCNC(=O)CCCC[C@@H]2SC[C@@H]3NC(=O)N[C@@H]32)[C@H]1O. The fraction of sp³-hybridized carbons (Fsp3) is 0.741. The summed E-state index contributed by atoms with van der Waals surface area (Å²) in [4.78, 5) is 65.2. The quantitative estimate of drug-likeness (QED) is 0.0173. The van der Waals surface area contributed by atoms with E-state index in [4.69, 9.17) is 29.2 Å². The number of amides is 3. The molecule has 328 valence electrons. The highest BCUT2D eigenvalue weighted by molar-refractivity contribution is 8.00. The fourth-order valence-corrected chi connectivity index (χ4v) is 11.1. The van der Waals surface area contributed by atoms with E-state index in [9.17, 15) is 48.2 Å². The Balaban J connectivity index is 0.875. The van der Waals surface area contributed by atoms with Crippen molar-refractivity contribution in [1.29, 1.82) is 0 Å². The first-order valence-corrected chi connectivity index (χ1v) is 23.2. The zero-order valence-corrected chi connectivity index (χ0v) is 34.0. The van der Waals surface area contributed by atoms with E-state index in [-0.39, 0.29) is 87.3 Å². The van der Waals surface area contributed by atoms with Gasteiger partial charge in [-0.3, -0.25) is 13.9 Å². The van der Waals surface area contributed by atoms with Crippen molar-refractivity contribution in [1.82, 2.24) is 40.9 Å². The van der Waals surface area contributed by atoms with Gasteiger partial charge in [0.05, 0.1) is 58.1 Å². The van der Waals surface area contributed by atoms with E-state index in [0.717, 1.165) is 37.7 Å². The van der Waals surface area contributed by atoms with Gasteiger partial charge in [-0.15, -0.1) is 0 Å². The van der Waals surface area contributed by atoms with Crippen LogP contribution in [0.3, 0.4) is 0 Å². The van der Waals surface area contributed by atoms with Gasteiger partial charge < -0.3 is 65.5 Å². The molecular formula is C27H46N9O18P3S. The number of rotatable bonds is 26. The van der Waals surface area contributed by atoms with Crippen LogP contribution in [-0.4, -0.2) is 151 Å². The van der Waals surface area contributed by atoms with E-state index in [1.54, 1.807) is 0 Å². The van der Waals surface area contributed by atoms with Crippen molar-refractivity contribution >= 4 is 64.2 Å². The molecule has 2 aromatic heterocycles. The zero-order chi connectivity index (χ0) is 41.9. The van der Waals surface area contributed by atoms with Gasteiger partial charge in [-0.1, -0.05) is 6.42 Å². The number of hydrogen-bond donors (Lipinski definition) is 10. The molecule has 3 aliphatic rings. The van der Waals surface area contributed by atoms with Crippen LogP contribution in [0.15, 0.2) is 12.7 Å². The Morgan fingerprint density at radius 2 is 1.72 bits per heavy atom. The Bertz CT molecular complexity index is 1840.